The van der Waals surface area contributed by atoms with E-state index < -0.39 is 0 Å². The summed E-state index contributed by atoms with van der Waals surface area (Å²) in [6, 6.07) is 0.522. The Labute approximate surface area is 117 Å². The van der Waals surface area contributed by atoms with Crippen molar-refractivity contribution in [1.82, 2.24) is 10.2 Å². The van der Waals surface area contributed by atoms with Crippen molar-refractivity contribution >= 4 is 5.91 Å². The zero-order valence-corrected chi connectivity index (χ0v) is 11.9. The Morgan fingerprint density at radius 1 is 1.26 bits per heavy atom. The van der Waals surface area contributed by atoms with Gasteiger partial charge in [0.1, 0.15) is 0 Å². The molecule has 0 aromatic heterocycles. The molecule has 0 bridgehead atoms. The minimum absolute atomic E-state index is 0.331. The Bertz CT molecular complexity index is 324. The van der Waals surface area contributed by atoms with Gasteiger partial charge in [0.2, 0.25) is 5.91 Å². The van der Waals surface area contributed by atoms with E-state index in [1.165, 1.54) is 25.7 Å². The third-order valence-electron chi connectivity index (χ3n) is 4.09. The number of terminal acetylenes is 1. The second-order valence-electron chi connectivity index (χ2n) is 5.95. The van der Waals surface area contributed by atoms with Crippen LogP contribution in [0.2, 0.25) is 0 Å². The van der Waals surface area contributed by atoms with Crippen LogP contribution in [0.1, 0.15) is 51.4 Å². The zero-order valence-electron chi connectivity index (χ0n) is 11.9. The summed E-state index contributed by atoms with van der Waals surface area (Å²) in [5.74, 6) is 3.74. The number of carbonyl (C=O) groups is 1. The average Bonchev–Trinajstić information content (AvgIpc) is 3.07. The van der Waals surface area contributed by atoms with Crippen molar-refractivity contribution in [2.75, 3.05) is 19.6 Å². The van der Waals surface area contributed by atoms with Gasteiger partial charge < -0.3 is 10.2 Å². The minimum Gasteiger partial charge on any atom is -0.341 e. The molecule has 1 unspecified atom stereocenters. The van der Waals surface area contributed by atoms with Gasteiger partial charge in [-0.1, -0.05) is 0 Å². The van der Waals surface area contributed by atoms with Crippen LogP contribution in [-0.4, -0.2) is 36.5 Å². The topological polar surface area (TPSA) is 32.3 Å². The third-order valence-corrected chi connectivity index (χ3v) is 4.09. The highest BCUT2D eigenvalue weighted by Gasteiger charge is 2.28. The molecule has 0 spiro atoms. The van der Waals surface area contributed by atoms with Gasteiger partial charge >= 0.3 is 0 Å². The Kier molecular flexibility index (Phi) is 5.72. The fraction of sp³-hybridized carbons (Fsp3) is 0.812. The quantitative estimate of drug-likeness (QED) is 0.537. The molecule has 1 aliphatic heterocycles. The van der Waals surface area contributed by atoms with Crippen molar-refractivity contribution in [3.63, 3.8) is 0 Å². The summed E-state index contributed by atoms with van der Waals surface area (Å²) >= 11 is 0. The van der Waals surface area contributed by atoms with Gasteiger partial charge in [-0.05, 0) is 51.0 Å². The summed E-state index contributed by atoms with van der Waals surface area (Å²) < 4.78 is 0. The predicted molar refractivity (Wildman–Crippen MR) is 77.6 cm³/mol. The van der Waals surface area contributed by atoms with Gasteiger partial charge in [-0.2, -0.15) is 0 Å². The van der Waals surface area contributed by atoms with Crippen molar-refractivity contribution in [3.05, 3.63) is 0 Å². The lowest BCUT2D eigenvalue weighted by atomic mass is 10.1. The van der Waals surface area contributed by atoms with Crippen molar-refractivity contribution in [2.24, 2.45) is 5.92 Å². The molecule has 1 saturated heterocycles. The van der Waals surface area contributed by atoms with E-state index in [0.29, 0.717) is 18.4 Å². The van der Waals surface area contributed by atoms with Crippen LogP contribution in [0, 0.1) is 18.3 Å². The number of hydrogen-bond acceptors (Lipinski definition) is 2. The largest absolute Gasteiger partial charge is 0.341 e. The van der Waals surface area contributed by atoms with Crippen LogP contribution in [0.3, 0.4) is 0 Å². The SMILES string of the molecule is C#CCCCCC(=O)N(CC1CC1)CC1CCCN1. The van der Waals surface area contributed by atoms with Crippen molar-refractivity contribution in [2.45, 2.75) is 57.4 Å². The second-order valence-corrected chi connectivity index (χ2v) is 5.95. The fourth-order valence-corrected chi connectivity index (χ4v) is 2.73. The average molecular weight is 262 g/mol. The molecule has 3 nitrogen and oxygen atoms in total. The first-order chi connectivity index (χ1) is 9.29. The molecule has 106 valence electrons. The lowest BCUT2D eigenvalue weighted by Gasteiger charge is -2.26. The first-order valence-electron chi connectivity index (χ1n) is 7.74. The molecule has 1 heterocycles. The van der Waals surface area contributed by atoms with Crippen LogP contribution in [0.5, 0.6) is 0 Å². The molecule has 0 aromatic rings. The van der Waals surface area contributed by atoms with Gasteiger partial charge in [0, 0.05) is 32.0 Å². The number of hydrogen-bond donors (Lipinski definition) is 1. The van der Waals surface area contributed by atoms with E-state index in [9.17, 15) is 4.79 Å². The fourth-order valence-electron chi connectivity index (χ4n) is 2.73. The Morgan fingerprint density at radius 3 is 2.74 bits per heavy atom. The van der Waals surface area contributed by atoms with Crippen LogP contribution in [-0.2, 0) is 4.79 Å². The molecule has 3 heteroatoms. The number of nitrogens with zero attached hydrogens (tertiary/aromatic N) is 1. The van der Waals surface area contributed by atoms with E-state index in [1.807, 2.05) is 0 Å². The number of unbranched alkanes of at least 4 members (excludes halogenated alkanes) is 2. The van der Waals surface area contributed by atoms with Gasteiger partial charge in [-0.3, -0.25) is 4.79 Å². The minimum atomic E-state index is 0.331. The van der Waals surface area contributed by atoms with Gasteiger partial charge in [0.05, 0.1) is 0 Å². The molecule has 2 aliphatic rings. The van der Waals surface area contributed by atoms with Gasteiger partial charge in [0.25, 0.3) is 0 Å². The summed E-state index contributed by atoms with van der Waals surface area (Å²) in [4.78, 5) is 14.4. The van der Waals surface area contributed by atoms with E-state index >= 15 is 0 Å². The molecule has 2 fully saturated rings. The first kappa shape index (κ1) is 14.4. The second kappa shape index (κ2) is 7.55. The van der Waals surface area contributed by atoms with Gasteiger partial charge in [0.15, 0.2) is 0 Å². The summed E-state index contributed by atoms with van der Waals surface area (Å²) in [6.07, 6.45) is 13.7. The van der Waals surface area contributed by atoms with E-state index in [1.54, 1.807) is 0 Å². The molecular formula is C16H26N2O. The van der Waals surface area contributed by atoms with E-state index in [4.69, 9.17) is 6.42 Å². The molecule has 0 radical (unpaired) electrons. The summed E-state index contributed by atoms with van der Waals surface area (Å²) in [7, 11) is 0. The summed E-state index contributed by atoms with van der Waals surface area (Å²) in [5, 5.41) is 3.49. The Morgan fingerprint density at radius 2 is 2.11 bits per heavy atom. The highest BCUT2D eigenvalue weighted by molar-refractivity contribution is 5.76. The van der Waals surface area contributed by atoms with Crippen LogP contribution in [0.25, 0.3) is 0 Å². The zero-order chi connectivity index (χ0) is 13.5. The molecule has 1 amide bonds. The normalized spacial score (nSPS) is 22.2. The Hall–Kier alpha value is -1.01. The Balaban J connectivity index is 1.74. The maximum atomic E-state index is 12.3. The molecule has 19 heavy (non-hydrogen) atoms. The maximum Gasteiger partial charge on any atom is 0.222 e. The van der Waals surface area contributed by atoms with Crippen molar-refractivity contribution < 1.29 is 4.79 Å². The standard InChI is InChI=1S/C16H26N2O/c1-2-3-4-5-8-16(19)18(12-14-9-10-14)13-15-7-6-11-17-15/h1,14-15,17H,3-13H2. The number of carbonyl (C=O) groups excluding carboxylic acids is 1. The van der Waals surface area contributed by atoms with E-state index in [0.717, 1.165) is 44.8 Å². The van der Waals surface area contributed by atoms with Gasteiger partial charge in [-0.25, -0.2) is 0 Å². The van der Waals surface area contributed by atoms with Crippen LogP contribution in [0.4, 0.5) is 0 Å². The molecule has 1 N–H and O–H groups in total. The summed E-state index contributed by atoms with van der Waals surface area (Å²) in [6.45, 7) is 2.99. The molecule has 1 atom stereocenters. The molecule has 2 rings (SSSR count). The number of nitrogens with one attached hydrogen (secondary N) is 1. The van der Waals surface area contributed by atoms with Crippen LogP contribution >= 0.6 is 0 Å². The van der Waals surface area contributed by atoms with E-state index in [2.05, 4.69) is 16.1 Å². The van der Waals surface area contributed by atoms with Crippen LogP contribution in [0.15, 0.2) is 0 Å². The third kappa shape index (κ3) is 5.24. The highest BCUT2D eigenvalue weighted by atomic mass is 16.2. The molecule has 0 aromatic carbocycles. The lowest BCUT2D eigenvalue weighted by Crippen LogP contribution is -2.42. The van der Waals surface area contributed by atoms with Crippen LogP contribution < -0.4 is 5.32 Å². The van der Waals surface area contributed by atoms with Crippen molar-refractivity contribution in [1.29, 1.82) is 0 Å². The van der Waals surface area contributed by atoms with Gasteiger partial charge in [-0.15, -0.1) is 12.3 Å². The maximum absolute atomic E-state index is 12.3. The highest BCUT2D eigenvalue weighted by Crippen LogP contribution is 2.30. The molecule has 1 aliphatic carbocycles. The number of rotatable bonds is 8. The number of amides is 1. The smallest absolute Gasteiger partial charge is 0.222 e. The monoisotopic (exact) mass is 262 g/mol. The predicted octanol–water partition coefficient (Wildman–Crippen LogP) is 2.17. The van der Waals surface area contributed by atoms with Crippen molar-refractivity contribution in [3.8, 4) is 12.3 Å². The lowest BCUT2D eigenvalue weighted by molar-refractivity contribution is -0.131. The summed E-state index contributed by atoms with van der Waals surface area (Å²) in [5.41, 5.74) is 0. The molecular weight excluding hydrogens is 236 g/mol. The molecule has 1 saturated carbocycles. The van der Waals surface area contributed by atoms with E-state index in [-0.39, 0.29) is 0 Å². The first-order valence-corrected chi connectivity index (χ1v) is 7.74.